The van der Waals surface area contributed by atoms with Gasteiger partial charge in [-0.05, 0) is 42.7 Å². The molecular weight excluding hydrogens is 567 g/mol. The van der Waals surface area contributed by atoms with E-state index in [1.165, 1.54) is 24.5 Å². The van der Waals surface area contributed by atoms with Gasteiger partial charge in [0.05, 0.1) is 20.5 Å². The summed E-state index contributed by atoms with van der Waals surface area (Å²) in [6.07, 6.45) is 3.30. The predicted octanol–water partition coefficient (Wildman–Crippen LogP) is 3.61. The molecule has 1 aliphatic rings. The molecule has 2 heterocycles. The summed E-state index contributed by atoms with van der Waals surface area (Å²) >= 11 is 12.0. The second kappa shape index (κ2) is 12.1. The molecule has 10 nitrogen and oxygen atoms in total. The highest BCUT2D eigenvalue weighted by atomic mass is 35.5. The summed E-state index contributed by atoms with van der Waals surface area (Å²) < 4.78 is 27.3. The predicted molar refractivity (Wildman–Crippen MR) is 145 cm³/mol. The minimum Gasteiger partial charge on any atom is -0.480 e. The number of rotatable bonds is 9. The second-order valence-corrected chi connectivity index (χ2v) is 11.5. The highest BCUT2D eigenvalue weighted by Crippen LogP contribution is 2.27. The second-order valence-electron chi connectivity index (χ2n) is 8.82. The first-order valence-corrected chi connectivity index (χ1v) is 14.1. The Bertz CT molecular complexity index is 1470. The third-order valence-corrected chi connectivity index (χ3v) is 8.70. The van der Waals surface area contributed by atoms with Crippen molar-refractivity contribution in [3.05, 3.63) is 88.2 Å². The number of benzene rings is 2. The van der Waals surface area contributed by atoms with Crippen LogP contribution >= 0.6 is 23.2 Å². The number of nitrogens with one attached hydrogen (secondary N) is 2. The van der Waals surface area contributed by atoms with Crippen LogP contribution in [0.4, 0.5) is 5.69 Å². The molecule has 1 fully saturated rings. The first kappa shape index (κ1) is 28.5. The lowest BCUT2D eigenvalue weighted by atomic mass is 10.0. The van der Waals surface area contributed by atoms with Gasteiger partial charge in [0.2, 0.25) is 15.9 Å². The molecule has 0 unspecified atom stereocenters. The van der Waals surface area contributed by atoms with Gasteiger partial charge in [0, 0.05) is 31.0 Å². The van der Waals surface area contributed by atoms with Crippen LogP contribution in [0.3, 0.4) is 0 Å². The average Bonchev–Trinajstić information content (AvgIpc) is 3.41. The number of amides is 2. The van der Waals surface area contributed by atoms with Crippen LogP contribution < -0.4 is 10.6 Å². The Balaban J connectivity index is 1.42. The van der Waals surface area contributed by atoms with E-state index in [1.54, 1.807) is 42.5 Å². The number of carbonyl (C=O) groups is 3. The summed E-state index contributed by atoms with van der Waals surface area (Å²) in [5.74, 6) is -2.48. The van der Waals surface area contributed by atoms with E-state index in [4.69, 9.17) is 23.2 Å². The van der Waals surface area contributed by atoms with E-state index in [1.807, 2.05) is 0 Å². The monoisotopic (exact) mass is 590 g/mol. The summed E-state index contributed by atoms with van der Waals surface area (Å²) in [7, 11) is -3.92. The van der Waals surface area contributed by atoms with Crippen LogP contribution in [0.1, 0.15) is 28.8 Å². The molecule has 0 saturated carbocycles. The van der Waals surface area contributed by atoms with Crippen molar-refractivity contribution in [2.24, 2.45) is 0 Å². The zero-order chi connectivity index (χ0) is 28.2. The minimum absolute atomic E-state index is 0.0601. The van der Waals surface area contributed by atoms with Crippen molar-refractivity contribution in [2.45, 2.75) is 36.2 Å². The van der Waals surface area contributed by atoms with Crippen LogP contribution in [0.2, 0.25) is 10.0 Å². The summed E-state index contributed by atoms with van der Waals surface area (Å²) in [5.41, 5.74) is 1.05. The number of aromatic nitrogens is 1. The number of carbonyl (C=O) groups excluding carboxylic acids is 2. The first-order valence-electron chi connectivity index (χ1n) is 11.9. The van der Waals surface area contributed by atoms with Crippen LogP contribution in [-0.2, 0) is 26.0 Å². The maximum atomic E-state index is 13.1. The molecule has 204 valence electrons. The van der Waals surface area contributed by atoms with E-state index < -0.39 is 39.9 Å². The number of hydrogen-bond acceptors (Lipinski definition) is 6. The average molecular weight is 591 g/mol. The van der Waals surface area contributed by atoms with E-state index >= 15 is 0 Å². The molecule has 1 saturated heterocycles. The van der Waals surface area contributed by atoms with Gasteiger partial charge in [-0.25, -0.2) is 13.2 Å². The van der Waals surface area contributed by atoms with Crippen LogP contribution in [0.15, 0.2) is 71.9 Å². The SMILES string of the molecule is O=C(Nc1ccc(C[C@H](NC(=O)[C@@H]2CCCN2S(=O)(=O)c2ccccc2)C(=O)O)cc1)c1c(Cl)cncc1Cl. The molecule has 2 amide bonds. The van der Waals surface area contributed by atoms with Gasteiger partial charge in [-0.2, -0.15) is 4.31 Å². The lowest BCUT2D eigenvalue weighted by Gasteiger charge is -2.25. The van der Waals surface area contributed by atoms with Crippen molar-refractivity contribution in [1.29, 1.82) is 0 Å². The van der Waals surface area contributed by atoms with E-state index in [0.29, 0.717) is 17.7 Å². The molecule has 2 atom stereocenters. The van der Waals surface area contributed by atoms with Crippen molar-refractivity contribution in [1.82, 2.24) is 14.6 Å². The van der Waals surface area contributed by atoms with Crippen LogP contribution in [0.25, 0.3) is 0 Å². The van der Waals surface area contributed by atoms with Crippen molar-refractivity contribution < 1.29 is 27.9 Å². The molecule has 3 N–H and O–H groups in total. The minimum atomic E-state index is -3.92. The third-order valence-electron chi connectivity index (χ3n) is 6.20. The van der Waals surface area contributed by atoms with Crippen molar-refractivity contribution in [2.75, 3.05) is 11.9 Å². The van der Waals surface area contributed by atoms with Gasteiger partial charge in [0.15, 0.2) is 0 Å². The zero-order valence-corrected chi connectivity index (χ0v) is 22.7. The molecule has 0 radical (unpaired) electrons. The normalized spacial score (nSPS) is 16.4. The molecule has 0 aliphatic carbocycles. The van der Waals surface area contributed by atoms with Gasteiger partial charge in [0.1, 0.15) is 12.1 Å². The summed E-state index contributed by atoms with van der Waals surface area (Å²) in [6, 6.07) is 11.8. The lowest BCUT2D eigenvalue weighted by Crippen LogP contribution is -2.51. The molecule has 4 rings (SSSR count). The molecule has 0 bridgehead atoms. The van der Waals surface area contributed by atoms with Crippen molar-refractivity contribution in [3.8, 4) is 0 Å². The quantitative estimate of drug-likeness (QED) is 0.345. The van der Waals surface area contributed by atoms with E-state index in [2.05, 4.69) is 15.6 Å². The van der Waals surface area contributed by atoms with Gasteiger partial charge in [0.25, 0.3) is 5.91 Å². The molecule has 1 aromatic heterocycles. The maximum Gasteiger partial charge on any atom is 0.326 e. The van der Waals surface area contributed by atoms with Crippen LogP contribution in [-0.4, -0.2) is 59.2 Å². The molecule has 13 heteroatoms. The Morgan fingerprint density at radius 3 is 2.28 bits per heavy atom. The highest BCUT2D eigenvalue weighted by molar-refractivity contribution is 7.89. The largest absolute Gasteiger partial charge is 0.480 e. The topological polar surface area (TPSA) is 146 Å². The Morgan fingerprint density at radius 1 is 1.03 bits per heavy atom. The Morgan fingerprint density at radius 2 is 1.67 bits per heavy atom. The number of sulfonamides is 1. The Kier molecular flexibility index (Phi) is 8.86. The number of aliphatic carboxylic acids is 1. The fraction of sp³-hybridized carbons (Fsp3) is 0.231. The van der Waals surface area contributed by atoms with Gasteiger partial charge in [-0.3, -0.25) is 14.6 Å². The van der Waals surface area contributed by atoms with Crippen LogP contribution in [0.5, 0.6) is 0 Å². The summed E-state index contributed by atoms with van der Waals surface area (Å²) in [5, 5.41) is 15.1. The number of anilines is 1. The maximum absolute atomic E-state index is 13.1. The van der Waals surface area contributed by atoms with E-state index in [0.717, 1.165) is 4.31 Å². The Hall–Kier alpha value is -3.51. The number of carboxylic acids is 1. The van der Waals surface area contributed by atoms with Crippen molar-refractivity contribution in [3.63, 3.8) is 0 Å². The van der Waals surface area contributed by atoms with Crippen LogP contribution in [0, 0.1) is 0 Å². The molecule has 1 aliphatic heterocycles. The summed E-state index contributed by atoms with van der Waals surface area (Å²) in [4.78, 5) is 41.4. The fourth-order valence-corrected chi connectivity index (χ4v) is 6.48. The van der Waals surface area contributed by atoms with Gasteiger partial charge in [-0.15, -0.1) is 0 Å². The third kappa shape index (κ3) is 6.56. The van der Waals surface area contributed by atoms with E-state index in [9.17, 15) is 27.9 Å². The number of pyridine rings is 1. The molecule has 3 aromatic rings. The number of hydrogen-bond donors (Lipinski definition) is 3. The number of halogens is 2. The molecular formula is C26H24Cl2N4O6S. The van der Waals surface area contributed by atoms with Crippen molar-refractivity contribution >= 4 is 56.7 Å². The lowest BCUT2D eigenvalue weighted by molar-refractivity contribution is -0.142. The van der Waals surface area contributed by atoms with Gasteiger partial charge in [-0.1, -0.05) is 53.5 Å². The number of nitrogens with zero attached hydrogens (tertiary/aromatic N) is 2. The zero-order valence-electron chi connectivity index (χ0n) is 20.4. The first-order chi connectivity index (χ1) is 18.6. The number of carboxylic acid groups (broad SMARTS) is 1. The molecule has 2 aromatic carbocycles. The molecule has 39 heavy (non-hydrogen) atoms. The highest BCUT2D eigenvalue weighted by Gasteiger charge is 2.40. The fourth-order valence-electron chi connectivity index (χ4n) is 4.27. The van der Waals surface area contributed by atoms with Gasteiger partial charge < -0.3 is 15.7 Å². The van der Waals surface area contributed by atoms with E-state index in [-0.39, 0.29) is 39.9 Å². The van der Waals surface area contributed by atoms with Gasteiger partial charge >= 0.3 is 5.97 Å². The summed E-state index contributed by atoms with van der Waals surface area (Å²) in [6.45, 7) is 0.163. The smallest absolute Gasteiger partial charge is 0.326 e. The Labute approximate surface area is 235 Å². The standard InChI is InChI=1S/C26H24Cl2N4O6S/c27-19-14-29-15-20(28)23(19)25(34)30-17-10-8-16(9-11-17)13-21(26(35)36)31-24(33)22-7-4-12-32(22)39(37,38)18-5-2-1-3-6-18/h1-3,5-6,8-11,14-15,21-22H,4,7,12-13H2,(H,30,34)(H,31,33)(H,35,36)/t21-,22-/m0/s1. The molecule has 0 spiro atoms.